The summed E-state index contributed by atoms with van der Waals surface area (Å²) in [6, 6.07) is 5.82. The van der Waals surface area contributed by atoms with E-state index in [1.807, 2.05) is 40.4 Å². The van der Waals surface area contributed by atoms with Gasteiger partial charge in [0.2, 0.25) is 0 Å². The zero-order valence-corrected chi connectivity index (χ0v) is 13.7. The maximum absolute atomic E-state index is 12.0. The predicted octanol–water partition coefficient (Wildman–Crippen LogP) is 2.14. The van der Waals surface area contributed by atoms with Gasteiger partial charge >= 0.3 is 11.8 Å². The molecule has 0 saturated carbocycles. The van der Waals surface area contributed by atoms with Crippen molar-refractivity contribution in [3.05, 3.63) is 52.8 Å². The fourth-order valence-corrected chi connectivity index (χ4v) is 3.67. The standard InChI is InChI=1S/C17H16N4O2S/c22-15(18-9-14-10-21-6-7-24-17(21)20-14)16(23)19-13-5-4-11-2-1-3-12(11)8-13/h4-8,10H,1-3,9H2,(H,18,22)(H,19,23). The SMILES string of the molecule is O=C(NCc1cn2ccsc2n1)C(=O)Nc1ccc2c(c1)CCC2. The number of carbonyl (C=O) groups excluding carboxylic acids is 2. The molecular formula is C17H16N4O2S. The van der Waals surface area contributed by atoms with Gasteiger partial charge in [-0.05, 0) is 42.5 Å². The molecule has 0 saturated heterocycles. The minimum absolute atomic E-state index is 0.227. The maximum Gasteiger partial charge on any atom is 0.313 e. The van der Waals surface area contributed by atoms with E-state index in [-0.39, 0.29) is 6.54 Å². The Morgan fingerprint density at radius 2 is 2.08 bits per heavy atom. The van der Waals surface area contributed by atoms with Crippen LogP contribution in [-0.4, -0.2) is 21.2 Å². The molecule has 1 aromatic carbocycles. The molecule has 7 heteroatoms. The van der Waals surface area contributed by atoms with E-state index in [1.54, 1.807) is 0 Å². The van der Waals surface area contributed by atoms with E-state index < -0.39 is 11.8 Å². The average molecular weight is 340 g/mol. The van der Waals surface area contributed by atoms with E-state index in [1.165, 1.54) is 22.5 Å². The Morgan fingerprint density at radius 3 is 2.96 bits per heavy atom. The Labute approximate surface area is 142 Å². The summed E-state index contributed by atoms with van der Waals surface area (Å²) >= 11 is 1.52. The number of aromatic nitrogens is 2. The third kappa shape index (κ3) is 2.90. The largest absolute Gasteiger partial charge is 0.342 e. The van der Waals surface area contributed by atoms with Gasteiger partial charge in [-0.25, -0.2) is 4.98 Å². The van der Waals surface area contributed by atoms with Crippen LogP contribution in [0.15, 0.2) is 36.0 Å². The normalized spacial score (nSPS) is 13.0. The Hall–Kier alpha value is -2.67. The van der Waals surface area contributed by atoms with Crippen molar-refractivity contribution in [1.29, 1.82) is 0 Å². The van der Waals surface area contributed by atoms with Gasteiger partial charge in [0.05, 0.1) is 12.2 Å². The molecule has 0 fully saturated rings. The highest BCUT2D eigenvalue weighted by Crippen LogP contribution is 2.24. The van der Waals surface area contributed by atoms with E-state index in [2.05, 4.69) is 15.6 Å². The van der Waals surface area contributed by atoms with Gasteiger partial charge in [0.25, 0.3) is 0 Å². The fourth-order valence-electron chi connectivity index (χ4n) is 2.95. The van der Waals surface area contributed by atoms with E-state index in [4.69, 9.17) is 0 Å². The van der Waals surface area contributed by atoms with Crippen LogP contribution in [0.25, 0.3) is 4.96 Å². The highest BCUT2D eigenvalue weighted by Gasteiger charge is 2.16. The molecule has 122 valence electrons. The monoisotopic (exact) mass is 340 g/mol. The Morgan fingerprint density at radius 1 is 1.21 bits per heavy atom. The first-order valence-electron chi connectivity index (χ1n) is 7.81. The number of thiazole rings is 1. The molecule has 2 aromatic heterocycles. The molecule has 2 N–H and O–H groups in total. The fraction of sp³-hybridized carbons (Fsp3) is 0.235. The summed E-state index contributed by atoms with van der Waals surface area (Å²) in [5.74, 6) is -1.32. The van der Waals surface area contributed by atoms with Crippen molar-refractivity contribution in [3.8, 4) is 0 Å². The Bertz CT molecular complexity index is 899. The van der Waals surface area contributed by atoms with Gasteiger partial charge in [-0.3, -0.25) is 14.0 Å². The number of anilines is 1. The van der Waals surface area contributed by atoms with Gasteiger partial charge in [-0.15, -0.1) is 11.3 Å². The average Bonchev–Trinajstić information content (AvgIpc) is 3.27. The third-order valence-corrected chi connectivity index (χ3v) is 4.91. The Kier molecular flexibility index (Phi) is 3.78. The summed E-state index contributed by atoms with van der Waals surface area (Å²) in [7, 11) is 0. The number of hydrogen-bond acceptors (Lipinski definition) is 4. The topological polar surface area (TPSA) is 75.5 Å². The lowest BCUT2D eigenvalue weighted by molar-refractivity contribution is -0.136. The summed E-state index contributed by atoms with van der Waals surface area (Å²) in [5.41, 5.74) is 3.97. The van der Waals surface area contributed by atoms with Crippen LogP contribution >= 0.6 is 11.3 Å². The molecule has 0 unspecified atom stereocenters. The molecular weight excluding hydrogens is 324 g/mol. The number of nitrogens with zero attached hydrogens (tertiary/aromatic N) is 2. The van der Waals surface area contributed by atoms with Crippen molar-refractivity contribution in [3.63, 3.8) is 0 Å². The molecule has 4 rings (SSSR count). The molecule has 1 aliphatic carbocycles. The first-order valence-corrected chi connectivity index (χ1v) is 8.69. The summed E-state index contributed by atoms with van der Waals surface area (Å²) in [6.07, 6.45) is 7.01. The lowest BCUT2D eigenvalue weighted by atomic mass is 10.1. The molecule has 3 aromatic rings. The molecule has 0 radical (unpaired) electrons. The maximum atomic E-state index is 12.0. The predicted molar refractivity (Wildman–Crippen MR) is 92.0 cm³/mol. The summed E-state index contributed by atoms with van der Waals surface area (Å²) in [5, 5.41) is 7.19. The second kappa shape index (κ2) is 6.09. The van der Waals surface area contributed by atoms with Crippen LogP contribution in [0.5, 0.6) is 0 Å². The van der Waals surface area contributed by atoms with Crippen LogP contribution in [0.1, 0.15) is 23.2 Å². The lowest BCUT2D eigenvalue weighted by Gasteiger charge is -2.07. The van der Waals surface area contributed by atoms with E-state index in [0.717, 1.165) is 29.9 Å². The van der Waals surface area contributed by atoms with E-state index in [9.17, 15) is 9.59 Å². The number of nitrogens with one attached hydrogen (secondary N) is 2. The number of imidazole rings is 1. The minimum atomic E-state index is -0.660. The minimum Gasteiger partial charge on any atom is -0.342 e. The van der Waals surface area contributed by atoms with Crippen molar-refractivity contribution in [2.45, 2.75) is 25.8 Å². The van der Waals surface area contributed by atoms with Gasteiger partial charge in [0.1, 0.15) is 0 Å². The molecule has 2 heterocycles. The van der Waals surface area contributed by atoms with Crippen LogP contribution in [0.2, 0.25) is 0 Å². The molecule has 1 aliphatic rings. The van der Waals surface area contributed by atoms with Crippen LogP contribution in [0, 0.1) is 0 Å². The van der Waals surface area contributed by atoms with Crippen molar-refractivity contribution < 1.29 is 9.59 Å². The molecule has 0 bridgehead atoms. The summed E-state index contributed by atoms with van der Waals surface area (Å²) < 4.78 is 1.89. The quantitative estimate of drug-likeness (QED) is 0.717. The van der Waals surface area contributed by atoms with Crippen LogP contribution in [-0.2, 0) is 29.0 Å². The molecule has 0 spiro atoms. The van der Waals surface area contributed by atoms with Crippen molar-refractivity contribution >= 4 is 33.8 Å². The molecule has 2 amide bonds. The van der Waals surface area contributed by atoms with Crippen molar-refractivity contribution in [2.24, 2.45) is 0 Å². The highest BCUT2D eigenvalue weighted by molar-refractivity contribution is 7.15. The number of fused-ring (bicyclic) bond motifs is 2. The first-order chi connectivity index (χ1) is 11.7. The van der Waals surface area contributed by atoms with Gasteiger partial charge in [-0.2, -0.15) is 0 Å². The van der Waals surface area contributed by atoms with Gasteiger partial charge in [0.15, 0.2) is 4.96 Å². The molecule has 0 aliphatic heterocycles. The zero-order chi connectivity index (χ0) is 16.5. The smallest absolute Gasteiger partial charge is 0.313 e. The summed E-state index contributed by atoms with van der Waals surface area (Å²) in [6.45, 7) is 0.227. The third-order valence-electron chi connectivity index (χ3n) is 4.14. The molecule has 24 heavy (non-hydrogen) atoms. The van der Waals surface area contributed by atoms with Crippen molar-refractivity contribution in [2.75, 3.05) is 5.32 Å². The number of hydrogen-bond donors (Lipinski definition) is 2. The zero-order valence-electron chi connectivity index (χ0n) is 12.9. The number of rotatable bonds is 3. The second-order valence-corrected chi connectivity index (χ2v) is 6.67. The highest BCUT2D eigenvalue weighted by atomic mass is 32.1. The van der Waals surface area contributed by atoms with E-state index >= 15 is 0 Å². The number of amides is 2. The van der Waals surface area contributed by atoms with Crippen LogP contribution < -0.4 is 10.6 Å². The second-order valence-electron chi connectivity index (χ2n) is 5.80. The van der Waals surface area contributed by atoms with Crippen LogP contribution in [0.4, 0.5) is 5.69 Å². The number of carbonyl (C=O) groups is 2. The van der Waals surface area contributed by atoms with Gasteiger partial charge in [0, 0.05) is 23.5 Å². The van der Waals surface area contributed by atoms with Crippen molar-refractivity contribution in [1.82, 2.24) is 14.7 Å². The Balaban J connectivity index is 1.35. The molecule has 0 atom stereocenters. The lowest BCUT2D eigenvalue weighted by Crippen LogP contribution is -2.35. The number of benzene rings is 1. The van der Waals surface area contributed by atoms with E-state index in [0.29, 0.717) is 5.69 Å². The van der Waals surface area contributed by atoms with Crippen LogP contribution in [0.3, 0.4) is 0 Å². The van der Waals surface area contributed by atoms with Gasteiger partial charge < -0.3 is 10.6 Å². The number of aryl methyl sites for hydroxylation is 2. The molecule has 6 nitrogen and oxygen atoms in total. The van der Waals surface area contributed by atoms with Gasteiger partial charge in [-0.1, -0.05) is 6.07 Å². The first kappa shape index (κ1) is 14.9. The summed E-state index contributed by atoms with van der Waals surface area (Å²) in [4.78, 5) is 29.2.